The van der Waals surface area contributed by atoms with Crippen LogP contribution in [0.1, 0.15) is 22.5 Å². The number of aliphatic carboxylic acids is 1. The van der Waals surface area contributed by atoms with Gasteiger partial charge in [-0.3, -0.25) is 9.59 Å². The third-order valence-electron chi connectivity index (χ3n) is 2.42. The molecule has 0 aromatic carbocycles. The first kappa shape index (κ1) is 15.3. The molecular formula is C12H15NO5S. The Kier molecular flexibility index (Phi) is 6.17. The van der Waals surface area contributed by atoms with Crippen LogP contribution < -0.4 is 5.32 Å². The maximum atomic E-state index is 11.6. The smallest absolute Gasteiger partial charge is 0.334 e. The fraction of sp³-hybridized carbons (Fsp3) is 0.417. The molecule has 7 heteroatoms. The average Bonchev–Trinajstić information content (AvgIpc) is 2.90. The van der Waals surface area contributed by atoms with E-state index >= 15 is 0 Å². The maximum Gasteiger partial charge on any atom is 0.334 e. The summed E-state index contributed by atoms with van der Waals surface area (Å²) in [7, 11) is 1.26. The van der Waals surface area contributed by atoms with Gasteiger partial charge in [0.2, 0.25) is 5.91 Å². The summed E-state index contributed by atoms with van der Waals surface area (Å²) in [6.07, 6.45) is -0.930. The molecule has 104 valence electrons. The summed E-state index contributed by atoms with van der Waals surface area (Å²) < 4.78 is 4.67. The molecule has 1 aromatic rings. The number of ketones is 1. The Morgan fingerprint density at radius 2 is 2.16 bits per heavy atom. The van der Waals surface area contributed by atoms with Crippen LogP contribution in [0, 0.1) is 0 Å². The Morgan fingerprint density at radius 1 is 1.42 bits per heavy atom. The summed E-state index contributed by atoms with van der Waals surface area (Å²) in [5.74, 6) is -1.60. The Balaban J connectivity index is 2.28. The molecule has 6 nitrogen and oxygen atoms in total. The zero-order chi connectivity index (χ0) is 14.3. The summed E-state index contributed by atoms with van der Waals surface area (Å²) in [4.78, 5) is 34.3. The van der Waals surface area contributed by atoms with E-state index in [0.717, 1.165) is 0 Å². The lowest BCUT2D eigenvalue weighted by Crippen LogP contribution is -2.37. The summed E-state index contributed by atoms with van der Waals surface area (Å²) >= 11 is 1.33. The van der Waals surface area contributed by atoms with E-state index in [0.29, 0.717) is 4.88 Å². The largest absolute Gasteiger partial charge is 0.479 e. The van der Waals surface area contributed by atoms with Crippen LogP contribution in [0.5, 0.6) is 0 Å². The van der Waals surface area contributed by atoms with Crippen LogP contribution >= 0.6 is 11.3 Å². The van der Waals surface area contributed by atoms with E-state index in [4.69, 9.17) is 5.11 Å². The zero-order valence-corrected chi connectivity index (χ0v) is 11.2. The van der Waals surface area contributed by atoms with Gasteiger partial charge in [0, 0.05) is 20.0 Å². The molecule has 0 aliphatic carbocycles. The number of methoxy groups -OCH3 is 1. The fourth-order valence-electron chi connectivity index (χ4n) is 1.35. The highest BCUT2D eigenvalue weighted by molar-refractivity contribution is 7.12. The van der Waals surface area contributed by atoms with Gasteiger partial charge >= 0.3 is 5.97 Å². The molecule has 1 unspecified atom stereocenters. The van der Waals surface area contributed by atoms with Crippen LogP contribution in [0.3, 0.4) is 0 Å². The molecule has 19 heavy (non-hydrogen) atoms. The molecule has 0 saturated carbocycles. The van der Waals surface area contributed by atoms with E-state index in [2.05, 4.69) is 10.1 Å². The number of rotatable bonds is 8. The number of thiophene rings is 1. The molecule has 0 bridgehead atoms. The Morgan fingerprint density at radius 3 is 2.68 bits per heavy atom. The van der Waals surface area contributed by atoms with E-state index in [1.54, 1.807) is 17.5 Å². The minimum atomic E-state index is -1.14. The van der Waals surface area contributed by atoms with Crippen LogP contribution in [0.2, 0.25) is 0 Å². The summed E-state index contributed by atoms with van der Waals surface area (Å²) in [6, 6.07) is 3.48. The van der Waals surface area contributed by atoms with Crippen LogP contribution in [0.4, 0.5) is 0 Å². The molecule has 1 atom stereocenters. The summed E-state index contributed by atoms with van der Waals surface area (Å²) in [5, 5.41) is 12.9. The topological polar surface area (TPSA) is 92.7 Å². The normalized spacial score (nSPS) is 11.8. The Labute approximate surface area is 114 Å². The number of hydrogen-bond donors (Lipinski definition) is 2. The van der Waals surface area contributed by atoms with Gasteiger partial charge in [0.1, 0.15) is 0 Å². The van der Waals surface area contributed by atoms with Gasteiger partial charge < -0.3 is 15.2 Å². The molecule has 0 spiro atoms. The lowest BCUT2D eigenvalue weighted by molar-refractivity contribution is -0.148. The van der Waals surface area contributed by atoms with Crippen molar-refractivity contribution in [2.24, 2.45) is 0 Å². The number of nitrogens with one attached hydrogen (secondary N) is 1. The first-order chi connectivity index (χ1) is 9.04. The molecule has 1 heterocycles. The minimum Gasteiger partial charge on any atom is -0.479 e. The second-order valence-electron chi connectivity index (χ2n) is 3.77. The molecular weight excluding hydrogens is 270 g/mol. The van der Waals surface area contributed by atoms with Gasteiger partial charge in [0.05, 0.1) is 11.4 Å². The van der Waals surface area contributed by atoms with E-state index in [9.17, 15) is 14.4 Å². The lowest BCUT2D eigenvalue weighted by atomic mass is 10.2. The van der Waals surface area contributed by atoms with Crippen molar-refractivity contribution in [1.82, 2.24) is 5.32 Å². The quantitative estimate of drug-likeness (QED) is 0.693. The van der Waals surface area contributed by atoms with Gasteiger partial charge in [-0.15, -0.1) is 11.3 Å². The molecule has 0 saturated heterocycles. The van der Waals surface area contributed by atoms with E-state index < -0.39 is 12.1 Å². The molecule has 0 radical (unpaired) electrons. The van der Waals surface area contributed by atoms with Crippen molar-refractivity contribution < 1.29 is 24.2 Å². The lowest BCUT2D eigenvalue weighted by Gasteiger charge is -2.11. The van der Waals surface area contributed by atoms with Crippen LogP contribution in [0.25, 0.3) is 0 Å². The van der Waals surface area contributed by atoms with Gasteiger partial charge in [-0.1, -0.05) is 6.07 Å². The number of carbonyl (C=O) groups is 3. The van der Waals surface area contributed by atoms with E-state index in [1.165, 1.54) is 18.4 Å². The van der Waals surface area contributed by atoms with E-state index in [-0.39, 0.29) is 31.1 Å². The number of carboxylic acids is 1. The maximum absolute atomic E-state index is 11.6. The first-order valence-corrected chi connectivity index (χ1v) is 6.51. The summed E-state index contributed by atoms with van der Waals surface area (Å²) in [5.41, 5.74) is 0. The molecule has 0 aliphatic heterocycles. The predicted octanol–water partition coefficient (Wildman–Crippen LogP) is 0.927. The highest BCUT2D eigenvalue weighted by Gasteiger charge is 2.17. The molecule has 1 rings (SSSR count). The van der Waals surface area contributed by atoms with Crippen LogP contribution in [-0.4, -0.2) is 42.5 Å². The fourth-order valence-corrected chi connectivity index (χ4v) is 2.05. The minimum absolute atomic E-state index is 0.0345. The molecule has 2 N–H and O–H groups in total. The molecule has 0 fully saturated rings. The second-order valence-corrected chi connectivity index (χ2v) is 4.71. The average molecular weight is 285 g/mol. The number of carboxylic acid groups (broad SMARTS) is 1. The van der Waals surface area contributed by atoms with Crippen molar-refractivity contribution in [1.29, 1.82) is 0 Å². The van der Waals surface area contributed by atoms with Gasteiger partial charge in [-0.2, -0.15) is 0 Å². The van der Waals surface area contributed by atoms with Crippen molar-refractivity contribution in [3.05, 3.63) is 22.4 Å². The Bertz CT molecular complexity index is 443. The van der Waals surface area contributed by atoms with Crippen molar-refractivity contribution >= 4 is 29.0 Å². The van der Waals surface area contributed by atoms with Crippen LogP contribution in [-0.2, 0) is 14.3 Å². The van der Waals surface area contributed by atoms with E-state index in [1.807, 2.05) is 0 Å². The first-order valence-electron chi connectivity index (χ1n) is 5.63. The van der Waals surface area contributed by atoms with Crippen molar-refractivity contribution in [3.8, 4) is 0 Å². The highest BCUT2D eigenvalue weighted by Crippen LogP contribution is 2.12. The number of amides is 1. The third kappa shape index (κ3) is 5.19. The monoisotopic (exact) mass is 285 g/mol. The van der Waals surface area contributed by atoms with Crippen molar-refractivity contribution in [3.63, 3.8) is 0 Å². The predicted molar refractivity (Wildman–Crippen MR) is 69.3 cm³/mol. The van der Waals surface area contributed by atoms with Gasteiger partial charge in [0.15, 0.2) is 11.9 Å². The standard InChI is InChI=1S/C12H15NO5S/c1-18-9(12(16)17)7-13-11(15)5-4-8(14)10-3-2-6-19-10/h2-3,6,9H,4-5,7H2,1H3,(H,13,15)(H,16,17). The Hall–Kier alpha value is -1.73. The van der Waals surface area contributed by atoms with Crippen molar-refractivity contribution in [2.45, 2.75) is 18.9 Å². The number of hydrogen-bond acceptors (Lipinski definition) is 5. The van der Waals surface area contributed by atoms with Gasteiger partial charge in [-0.25, -0.2) is 4.79 Å². The van der Waals surface area contributed by atoms with Gasteiger partial charge in [-0.05, 0) is 11.4 Å². The number of carbonyl (C=O) groups excluding carboxylic acids is 2. The molecule has 1 aromatic heterocycles. The van der Waals surface area contributed by atoms with Crippen LogP contribution in [0.15, 0.2) is 17.5 Å². The molecule has 1 amide bonds. The number of ether oxygens (including phenoxy) is 1. The molecule has 0 aliphatic rings. The van der Waals surface area contributed by atoms with Gasteiger partial charge in [0.25, 0.3) is 0 Å². The van der Waals surface area contributed by atoms with Crippen molar-refractivity contribution in [2.75, 3.05) is 13.7 Å². The zero-order valence-electron chi connectivity index (χ0n) is 10.4. The number of Topliss-reactive ketones (excluding diaryl/α,β-unsaturated/α-hetero) is 1. The second kappa shape index (κ2) is 7.65. The highest BCUT2D eigenvalue weighted by atomic mass is 32.1. The summed E-state index contributed by atoms with van der Waals surface area (Å²) in [6.45, 7) is -0.113. The third-order valence-corrected chi connectivity index (χ3v) is 3.33. The SMILES string of the molecule is COC(CNC(=O)CCC(=O)c1cccs1)C(=O)O.